The highest BCUT2D eigenvalue weighted by Gasteiger charge is 2.23. The highest BCUT2D eigenvalue weighted by atomic mass is 16.6. The molecule has 2 aromatic carbocycles. The molecule has 0 fully saturated rings. The van der Waals surface area contributed by atoms with Gasteiger partial charge < -0.3 is 14.5 Å². The number of benzene rings is 2. The molecule has 8 heteroatoms. The van der Waals surface area contributed by atoms with Crippen molar-refractivity contribution in [3.05, 3.63) is 69.9 Å². The van der Waals surface area contributed by atoms with Crippen LogP contribution in [0.1, 0.15) is 15.9 Å². The van der Waals surface area contributed by atoms with Crippen LogP contribution in [0.15, 0.2) is 48.7 Å². The van der Waals surface area contributed by atoms with Crippen LogP contribution >= 0.6 is 0 Å². The Bertz CT molecular complexity index is 1010. The fraction of sp³-hybridized carbons (Fsp3) is 0.111. The second-order valence-electron chi connectivity index (χ2n) is 5.45. The quantitative estimate of drug-likeness (QED) is 0.239. The third-order valence-electron chi connectivity index (χ3n) is 3.81. The second-order valence-corrected chi connectivity index (χ2v) is 5.45. The Hall–Kier alpha value is -3.68. The van der Waals surface area contributed by atoms with Crippen LogP contribution in [0, 0.1) is 10.1 Å². The smallest absolute Gasteiger partial charge is 0.380 e. The normalized spacial score (nSPS) is 10.5. The van der Waals surface area contributed by atoms with Crippen LogP contribution in [0.2, 0.25) is 0 Å². The summed E-state index contributed by atoms with van der Waals surface area (Å²) in [6, 6.07) is 10.9. The van der Waals surface area contributed by atoms with E-state index in [1.807, 2.05) is 0 Å². The van der Waals surface area contributed by atoms with Gasteiger partial charge in [-0.25, -0.2) is 4.79 Å². The number of nitro groups is 1. The molecule has 0 bridgehead atoms. The van der Waals surface area contributed by atoms with Crippen LogP contribution in [0.25, 0.3) is 10.9 Å². The molecule has 8 nitrogen and oxygen atoms in total. The molecular weight excluding hydrogens is 340 g/mol. The Labute approximate surface area is 147 Å². The monoisotopic (exact) mass is 354 g/mol. The van der Waals surface area contributed by atoms with Crippen molar-refractivity contribution in [3.63, 3.8) is 0 Å². The number of aromatic amines is 1. The number of rotatable bonds is 6. The Morgan fingerprint density at radius 3 is 2.73 bits per heavy atom. The number of hydrogen-bond donors (Lipinski definition) is 1. The molecule has 1 N–H and O–H groups in total. The summed E-state index contributed by atoms with van der Waals surface area (Å²) in [5.41, 5.74) is 1.04. The zero-order valence-corrected chi connectivity index (χ0v) is 13.7. The van der Waals surface area contributed by atoms with E-state index in [4.69, 9.17) is 9.47 Å². The Balaban J connectivity index is 1.78. The molecule has 3 aromatic rings. The Kier molecular flexibility index (Phi) is 4.66. The molecule has 0 aliphatic heterocycles. The molecule has 1 heterocycles. The summed E-state index contributed by atoms with van der Waals surface area (Å²) in [4.78, 5) is 37.6. The van der Waals surface area contributed by atoms with Crippen LogP contribution in [0.5, 0.6) is 5.75 Å². The highest BCUT2D eigenvalue weighted by Crippen LogP contribution is 2.24. The number of carbonyl (C=O) groups excluding carboxylic acids is 2. The van der Waals surface area contributed by atoms with Crippen LogP contribution in [0.4, 0.5) is 5.69 Å². The third kappa shape index (κ3) is 3.39. The lowest BCUT2D eigenvalue weighted by atomic mass is 10.1. The summed E-state index contributed by atoms with van der Waals surface area (Å²) < 4.78 is 10.1. The largest absolute Gasteiger partial charge is 0.497 e. The maximum absolute atomic E-state index is 12.4. The maximum Gasteiger partial charge on any atom is 0.380 e. The van der Waals surface area contributed by atoms with Gasteiger partial charge in [-0.1, -0.05) is 12.1 Å². The predicted molar refractivity (Wildman–Crippen MR) is 92.1 cm³/mol. The third-order valence-corrected chi connectivity index (χ3v) is 3.81. The summed E-state index contributed by atoms with van der Waals surface area (Å²) in [6.45, 7) is -0.0930. The number of esters is 1. The lowest BCUT2D eigenvalue weighted by molar-refractivity contribution is -0.384. The van der Waals surface area contributed by atoms with Crippen molar-refractivity contribution in [2.45, 2.75) is 6.61 Å². The SMILES string of the molecule is COc1cccc(COC(=O)C(=O)c2c[nH]c3ccc([N+](=O)[O-])cc23)c1. The molecule has 1 aromatic heterocycles. The molecule has 0 saturated carbocycles. The van der Waals surface area contributed by atoms with Crippen LogP contribution in [-0.2, 0) is 16.1 Å². The van der Waals surface area contributed by atoms with E-state index in [1.54, 1.807) is 24.3 Å². The van der Waals surface area contributed by atoms with Crippen molar-refractivity contribution in [1.29, 1.82) is 0 Å². The first-order chi connectivity index (χ1) is 12.5. The van der Waals surface area contributed by atoms with Crippen molar-refractivity contribution in [2.75, 3.05) is 7.11 Å². The van der Waals surface area contributed by atoms with Crippen molar-refractivity contribution in [3.8, 4) is 5.75 Å². The van der Waals surface area contributed by atoms with E-state index in [0.29, 0.717) is 22.2 Å². The first-order valence-corrected chi connectivity index (χ1v) is 7.59. The molecule has 0 aliphatic rings. The average Bonchev–Trinajstić information content (AvgIpc) is 3.08. The number of methoxy groups -OCH3 is 1. The van der Waals surface area contributed by atoms with Crippen molar-refractivity contribution in [2.24, 2.45) is 0 Å². The predicted octanol–water partition coefficient (Wildman–Crippen LogP) is 3.01. The standard InChI is InChI=1S/C18H14N2O6/c1-25-13-4-2-3-11(7-13)10-26-18(22)17(21)15-9-19-16-6-5-12(20(23)24)8-14(15)16/h2-9,19H,10H2,1H3. The first kappa shape index (κ1) is 17.2. The number of non-ortho nitro benzene ring substituents is 1. The van der Waals surface area contributed by atoms with Gasteiger partial charge in [0.2, 0.25) is 0 Å². The summed E-state index contributed by atoms with van der Waals surface area (Å²) in [6.07, 6.45) is 1.34. The number of aromatic nitrogens is 1. The van der Waals surface area contributed by atoms with Gasteiger partial charge in [-0.2, -0.15) is 0 Å². The molecule has 0 amide bonds. The first-order valence-electron chi connectivity index (χ1n) is 7.59. The topological polar surface area (TPSA) is 112 Å². The molecule has 3 rings (SSSR count). The summed E-state index contributed by atoms with van der Waals surface area (Å²) in [5, 5.41) is 11.2. The van der Waals surface area contributed by atoms with Gasteiger partial charge in [0, 0.05) is 29.2 Å². The van der Waals surface area contributed by atoms with Gasteiger partial charge in [0.05, 0.1) is 17.6 Å². The lowest BCUT2D eigenvalue weighted by Crippen LogP contribution is -2.17. The van der Waals surface area contributed by atoms with Gasteiger partial charge in [0.15, 0.2) is 0 Å². The van der Waals surface area contributed by atoms with Gasteiger partial charge in [-0.15, -0.1) is 0 Å². The van der Waals surface area contributed by atoms with E-state index in [0.717, 1.165) is 0 Å². The minimum Gasteiger partial charge on any atom is -0.497 e. The van der Waals surface area contributed by atoms with E-state index < -0.39 is 16.7 Å². The Morgan fingerprint density at radius 1 is 1.19 bits per heavy atom. The molecule has 0 aliphatic carbocycles. The number of H-pyrrole nitrogens is 1. The molecule has 0 atom stereocenters. The molecule has 0 unspecified atom stereocenters. The molecule has 0 radical (unpaired) electrons. The average molecular weight is 354 g/mol. The van der Waals surface area contributed by atoms with Gasteiger partial charge in [0.25, 0.3) is 11.5 Å². The van der Waals surface area contributed by atoms with E-state index in [9.17, 15) is 19.7 Å². The molecule has 0 spiro atoms. The Morgan fingerprint density at radius 2 is 2.00 bits per heavy atom. The van der Waals surface area contributed by atoms with Crippen LogP contribution < -0.4 is 4.74 Å². The van der Waals surface area contributed by atoms with Crippen LogP contribution in [0.3, 0.4) is 0 Å². The molecule has 0 saturated heterocycles. The summed E-state index contributed by atoms with van der Waals surface area (Å²) >= 11 is 0. The van der Waals surface area contributed by atoms with Crippen molar-refractivity contribution < 1.29 is 24.0 Å². The van der Waals surface area contributed by atoms with Crippen molar-refractivity contribution in [1.82, 2.24) is 4.98 Å². The number of nitro benzene ring substituents is 1. The van der Waals surface area contributed by atoms with Gasteiger partial charge in [0.1, 0.15) is 12.4 Å². The summed E-state index contributed by atoms with van der Waals surface area (Å²) in [5.74, 6) is -1.31. The van der Waals surface area contributed by atoms with E-state index in [2.05, 4.69) is 4.98 Å². The number of Topliss-reactive ketones (excluding diaryl/α,β-unsaturated/α-hetero) is 1. The fourth-order valence-electron chi connectivity index (χ4n) is 2.50. The van der Waals surface area contributed by atoms with Gasteiger partial charge >= 0.3 is 5.97 Å². The molecule has 26 heavy (non-hydrogen) atoms. The molecular formula is C18H14N2O6. The van der Waals surface area contributed by atoms with Gasteiger partial charge in [-0.05, 0) is 23.8 Å². The number of hydrogen-bond acceptors (Lipinski definition) is 6. The maximum atomic E-state index is 12.4. The number of nitrogens with zero attached hydrogens (tertiary/aromatic N) is 1. The highest BCUT2D eigenvalue weighted by molar-refractivity contribution is 6.43. The lowest BCUT2D eigenvalue weighted by Gasteiger charge is -2.06. The fourth-order valence-corrected chi connectivity index (χ4v) is 2.50. The van der Waals surface area contributed by atoms with Crippen LogP contribution in [-0.4, -0.2) is 28.8 Å². The number of fused-ring (bicyclic) bond motifs is 1. The number of ether oxygens (including phenoxy) is 2. The molecule has 132 valence electrons. The number of nitrogens with one attached hydrogen (secondary N) is 1. The minimum atomic E-state index is -1.04. The van der Waals surface area contributed by atoms with E-state index in [-0.39, 0.29) is 17.9 Å². The zero-order chi connectivity index (χ0) is 18.7. The van der Waals surface area contributed by atoms with Crippen molar-refractivity contribution >= 4 is 28.3 Å². The second kappa shape index (κ2) is 7.06. The minimum absolute atomic E-state index is 0.0272. The number of carbonyl (C=O) groups is 2. The van der Waals surface area contributed by atoms with E-state index >= 15 is 0 Å². The zero-order valence-electron chi connectivity index (χ0n) is 13.7. The van der Waals surface area contributed by atoms with E-state index in [1.165, 1.54) is 31.5 Å². The van der Waals surface area contributed by atoms with Gasteiger partial charge in [-0.3, -0.25) is 14.9 Å². The summed E-state index contributed by atoms with van der Waals surface area (Å²) in [7, 11) is 1.52. The number of ketones is 1.